The monoisotopic (exact) mass is 337 g/mol. The molecule has 1 aliphatic rings. The first-order valence-electron chi connectivity index (χ1n) is 9.11. The van der Waals surface area contributed by atoms with Crippen LogP contribution in [0.1, 0.15) is 24.5 Å². The van der Waals surface area contributed by atoms with Gasteiger partial charge in [0.15, 0.2) is 0 Å². The van der Waals surface area contributed by atoms with E-state index >= 15 is 0 Å². The molecule has 1 heterocycles. The van der Waals surface area contributed by atoms with Crippen LogP contribution in [0, 0.1) is 0 Å². The molecule has 1 fully saturated rings. The summed E-state index contributed by atoms with van der Waals surface area (Å²) >= 11 is 0. The van der Waals surface area contributed by atoms with E-state index in [2.05, 4.69) is 69.7 Å². The predicted molar refractivity (Wildman–Crippen MR) is 103 cm³/mol. The SMILES string of the molecule is CCC(=O)NCc1ccc(CN2CCN(c3ccccc3)CC2)cc1. The molecule has 0 radical (unpaired) electrons. The highest BCUT2D eigenvalue weighted by Gasteiger charge is 2.17. The van der Waals surface area contributed by atoms with Crippen molar-refractivity contribution in [2.75, 3.05) is 31.1 Å². The van der Waals surface area contributed by atoms with E-state index in [1.54, 1.807) is 0 Å². The molecular weight excluding hydrogens is 310 g/mol. The predicted octanol–water partition coefficient (Wildman–Crippen LogP) is 3.04. The Bertz CT molecular complexity index is 661. The van der Waals surface area contributed by atoms with Gasteiger partial charge in [0.25, 0.3) is 0 Å². The summed E-state index contributed by atoms with van der Waals surface area (Å²) in [6, 6.07) is 19.2. The number of hydrogen-bond donors (Lipinski definition) is 1. The molecule has 4 heteroatoms. The summed E-state index contributed by atoms with van der Waals surface area (Å²) in [4.78, 5) is 16.3. The first-order chi connectivity index (χ1) is 12.2. The molecule has 1 N–H and O–H groups in total. The van der Waals surface area contributed by atoms with Crippen molar-refractivity contribution in [3.8, 4) is 0 Å². The lowest BCUT2D eigenvalue weighted by Crippen LogP contribution is -2.45. The highest BCUT2D eigenvalue weighted by Crippen LogP contribution is 2.17. The van der Waals surface area contributed by atoms with Crippen molar-refractivity contribution in [2.24, 2.45) is 0 Å². The van der Waals surface area contributed by atoms with Crippen LogP contribution in [0.25, 0.3) is 0 Å². The maximum absolute atomic E-state index is 11.3. The normalized spacial score (nSPS) is 15.2. The molecule has 0 unspecified atom stereocenters. The van der Waals surface area contributed by atoms with E-state index < -0.39 is 0 Å². The Morgan fingerprint density at radius 1 is 0.920 bits per heavy atom. The first kappa shape index (κ1) is 17.5. The van der Waals surface area contributed by atoms with Crippen LogP contribution in [0.5, 0.6) is 0 Å². The lowest BCUT2D eigenvalue weighted by Gasteiger charge is -2.36. The second-order valence-electron chi connectivity index (χ2n) is 6.55. The van der Waals surface area contributed by atoms with Gasteiger partial charge >= 0.3 is 0 Å². The molecule has 2 aromatic rings. The maximum atomic E-state index is 11.3. The fourth-order valence-corrected chi connectivity index (χ4v) is 3.15. The number of anilines is 1. The summed E-state index contributed by atoms with van der Waals surface area (Å²) in [5.74, 6) is 0.0976. The molecule has 132 valence electrons. The maximum Gasteiger partial charge on any atom is 0.219 e. The number of carbonyl (C=O) groups is 1. The third kappa shape index (κ3) is 5.07. The zero-order chi connectivity index (χ0) is 17.5. The number of benzene rings is 2. The summed E-state index contributed by atoms with van der Waals surface area (Å²) in [5.41, 5.74) is 3.80. The molecule has 4 nitrogen and oxygen atoms in total. The fraction of sp³-hybridized carbons (Fsp3) is 0.381. The van der Waals surface area contributed by atoms with Crippen LogP contribution in [0.3, 0.4) is 0 Å². The Kier molecular flexibility index (Phi) is 6.07. The van der Waals surface area contributed by atoms with Gasteiger partial charge in [-0.15, -0.1) is 0 Å². The summed E-state index contributed by atoms with van der Waals surface area (Å²) in [7, 11) is 0. The average molecular weight is 337 g/mol. The molecule has 0 bridgehead atoms. The molecule has 0 saturated carbocycles. The molecule has 1 saturated heterocycles. The molecule has 0 aliphatic carbocycles. The Morgan fingerprint density at radius 2 is 1.56 bits per heavy atom. The van der Waals surface area contributed by atoms with Crippen molar-refractivity contribution in [3.05, 3.63) is 65.7 Å². The Labute approximate surface area is 150 Å². The molecule has 0 spiro atoms. The van der Waals surface area contributed by atoms with E-state index in [9.17, 15) is 4.79 Å². The number of piperazine rings is 1. The first-order valence-corrected chi connectivity index (χ1v) is 9.11. The summed E-state index contributed by atoms with van der Waals surface area (Å²) in [6.07, 6.45) is 0.535. The second kappa shape index (κ2) is 8.67. The van der Waals surface area contributed by atoms with Gasteiger partial charge in [0.1, 0.15) is 0 Å². The fourth-order valence-electron chi connectivity index (χ4n) is 3.15. The minimum atomic E-state index is 0.0976. The Balaban J connectivity index is 1.46. The van der Waals surface area contributed by atoms with E-state index in [0.29, 0.717) is 13.0 Å². The van der Waals surface area contributed by atoms with Crippen LogP contribution in [0.15, 0.2) is 54.6 Å². The van der Waals surface area contributed by atoms with Gasteiger partial charge in [-0.1, -0.05) is 49.4 Å². The number of para-hydroxylation sites is 1. The minimum Gasteiger partial charge on any atom is -0.369 e. The number of nitrogens with zero attached hydrogens (tertiary/aromatic N) is 2. The average Bonchev–Trinajstić information content (AvgIpc) is 2.68. The van der Waals surface area contributed by atoms with E-state index in [1.807, 2.05) is 6.92 Å². The molecule has 0 aromatic heterocycles. The third-order valence-electron chi connectivity index (χ3n) is 4.73. The summed E-state index contributed by atoms with van der Waals surface area (Å²) in [5, 5.41) is 2.92. The van der Waals surface area contributed by atoms with Gasteiger partial charge in [0.05, 0.1) is 0 Å². The lowest BCUT2D eigenvalue weighted by atomic mass is 10.1. The van der Waals surface area contributed by atoms with Crippen molar-refractivity contribution in [1.82, 2.24) is 10.2 Å². The van der Waals surface area contributed by atoms with Crippen LogP contribution in [-0.4, -0.2) is 37.0 Å². The number of rotatable bonds is 6. The minimum absolute atomic E-state index is 0.0976. The zero-order valence-electron chi connectivity index (χ0n) is 14.9. The number of carbonyl (C=O) groups excluding carboxylic acids is 1. The number of nitrogens with one attached hydrogen (secondary N) is 1. The molecule has 0 atom stereocenters. The topological polar surface area (TPSA) is 35.6 Å². The molecular formula is C21H27N3O. The van der Waals surface area contributed by atoms with Crippen LogP contribution in [0.2, 0.25) is 0 Å². The molecule has 2 aromatic carbocycles. The van der Waals surface area contributed by atoms with Crippen molar-refractivity contribution in [2.45, 2.75) is 26.4 Å². The van der Waals surface area contributed by atoms with Crippen LogP contribution < -0.4 is 10.2 Å². The van der Waals surface area contributed by atoms with Gasteiger partial charge in [-0.3, -0.25) is 9.69 Å². The van der Waals surface area contributed by atoms with Crippen LogP contribution in [0.4, 0.5) is 5.69 Å². The quantitative estimate of drug-likeness (QED) is 0.880. The van der Waals surface area contributed by atoms with E-state index in [-0.39, 0.29) is 5.91 Å². The smallest absolute Gasteiger partial charge is 0.219 e. The van der Waals surface area contributed by atoms with E-state index in [0.717, 1.165) is 38.3 Å². The molecule has 25 heavy (non-hydrogen) atoms. The van der Waals surface area contributed by atoms with E-state index in [1.165, 1.54) is 11.3 Å². The Morgan fingerprint density at radius 3 is 2.20 bits per heavy atom. The van der Waals surface area contributed by atoms with Crippen LogP contribution in [-0.2, 0) is 17.9 Å². The van der Waals surface area contributed by atoms with Crippen LogP contribution >= 0.6 is 0 Å². The van der Waals surface area contributed by atoms with Gasteiger partial charge in [0.2, 0.25) is 5.91 Å². The van der Waals surface area contributed by atoms with Gasteiger partial charge in [-0.05, 0) is 23.3 Å². The molecule has 1 aliphatic heterocycles. The lowest BCUT2D eigenvalue weighted by molar-refractivity contribution is -0.120. The van der Waals surface area contributed by atoms with Gasteiger partial charge in [0, 0.05) is 51.4 Å². The number of amides is 1. The standard InChI is InChI=1S/C21H27N3O/c1-2-21(25)22-16-18-8-10-19(11-9-18)17-23-12-14-24(15-13-23)20-6-4-3-5-7-20/h3-11H,2,12-17H2,1H3,(H,22,25). The highest BCUT2D eigenvalue weighted by molar-refractivity contribution is 5.75. The molecule has 1 amide bonds. The highest BCUT2D eigenvalue weighted by atomic mass is 16.1. The zero-order valence-corrected chi connectivity index (χ0v) is 14.9. The Hall–Kier alpha value is -2.33. The summed E-state index contributed by atoms with van der Waals surface area (Å²) in [6.45, 7) is 7.80. The van der Waals surface area contributed by atoms with Gasteiger partial charge in [-0.25, -0.2) is 0 Å². The van der Waals surface area contributed by atoms with Gasteiger partial charge in [-0.2, -0.15) is 0 Å². The largest absolute Gasteiger partial charge is 0.369 e. The van der Waals surface area contributed by atoms with Crippen molar-refractivity contribution >= 4 is 11.6 Å². The van der Waals surface area contributed by atoms with Crippen molar-refractivity contribution < 1.29 is 4.79 Å². The van der Waals surface area contributed by atoms with Crippen molar-refractivity contribution in [1.29, 1.82) is 0 Å². The summed E-state index contributed by atoms with van der Waals surface area (Å²) < 4.78 is 0. The number of hydrogen-bond acceptors (Lipinski definition) is 3. The third-order valence-corrected chi connectivity index (χ3v) is 4.73. The van der Waals surface area contributed by atoms with E-state index in [4.69, 9.17) is 0 Å². The molecule has 3 rings (SSSR count). The van der Waals surface area contributed by atoms with Gasteiger partial charge < -0.3 is 10.2 Å². The van der Waals surface area contributed by atoms with Crippen molar-refractivity contribution in [3.63, 3.8) is 0 Å². The second-order valence-corrected chi connectivity index (χ2v) is 6.55.